The number of hydrogen-bond acceptors (Lipinski definition) is 4. The van der Waals surface area contributed by atoms with Crippen LogP contribution < -0.4 is 0 Å². The highest BCUT2D eigenvalue weighted by Crippen LogP contribution is 2.21. The summed E-state index contributed by atoms with van der Waals surface area (Å²) in [5.41, 5.74) is 0. The van der Waals surface area contributed by atoms with Crippen LogP contribution in [0, 0.1) is 5.92 Å². The zero-order chi connectivity index (χ0) is 24.4. The third-order valence-corrected chi connectivity index (χ3v) is 6.60. The van der Waals surface area contributed by atoms with Crippen LogP contribution in [0.5, 0.6) is 0 Å². The summed E-state index contributed by atoms with van der Waals surface area (Å²) >= 11 is 0. The summed E-state index contributed by atoms with van der Waals surface area (Å²) in [6, 6.07) is 0. The summed E-state index contributed by atoms with van der Waals surface area (Å²) in [5, 5.41) is 0. The highest BCUT2D eigenvalue weighted by Gasteiger charge is 2.22. The molecule has 0 bridgehead atoms. The molecule has 196 valence electrons. The van der Waals surface area contributed by atoms with Gasteiger partial charge in [-0.2, -0.15) is 0 Å². The lowest BCUT2D eigenvalue weighted by atomic mass is 9.94. The van der Waals surface area contributed by atoms with E-state index in [9.17, 15) is 9.59 Å². The van der Waals surface area contributed by atoms with Crippen molar-refractivity contribution in [3.63, 3.8) is 0 Å². The molecule has 0 aromatic carbocycles. The molecule has 0 saturated heterocycles. The Kier molecular flexibility index (Phi) is 24.7. The quantitative estimate of drug-likeness (QED) is 0.0803. The maximum absolute atomic E-state index is 12.6. The van der Waals surface area contributed by atoms with Gasteiger partial charge in [0, 0.05) is 0 Å². The number of carbonyl (C=O) groups excluding carboxylic acids is 2. The van der Waals surface area contributed by atoms with E-state index in [-0.39, 0.29) is 11.9 Å². The Hall–Kier alpha value is -1.06. The molecule has 0 aromatic heterocycles. The highest BCUT2D eigenvalue weighted by molar-refractivity contribution is 5.74. The van der Waals surface area contributed by atoms with Crippen LogP contribution in [0.15, 0.2) is 0 Å². The number of rotatable bonds is 24. The summed E-state index contributed by atoms with van der Waals surface area (Å²) in [6.07, 6.45) is 26.6. The van der Waals surface area contributed by atoms with Gasteiger partial charge in [-0.15, -0.1) is 0 Å². The van der Waals surface area contributed by atoms with Crippen LogP contribution in [0.2, 0.25) is 0 Å². The first-order valence-corrected chi connectivity index (χ1v) is 14.6. The average Bonchev–Trinajstić information content (AvgIpc) is 2.82. The third-order valence-electron chi connectivity index (χ3n) is 6.60. The van der Waals surface area contributed by atoms with E-state index in [1.54, 1.807) is 0 Å². The van der Waals surface area contributed by atoms with Gasteiger partial charge < -0.3 is 0 Å². The second kappa shape index (κ2) is 25.6. The largest absolute Gasteiger partial charge is 0.358 e. The minimum absolute atomic E-state index is 0.141. The van der Waals surface area contributed by atoms with E-state index >= 15 is 0 Å². The molecule has 0 fully saturated rings. The van der Waals surface area contributed by atoms with Gasteiger partial charge in [-0.25, -0.2) is 19.4 Å². The molecule has 33 heavy (non-hydrogen) atoms. The van der Waals surface area contributed by atoms with Crippen molar-refractivity contribution in [2.75, 3.05) is 0 Å². The van der Waals surface area contributed by atoms with Crippen LogP contribution in [0.3, 0.4) is 0 Å². The van der Waals surface area contributed by atoms with Gasteiger partial charge in [-0.3, -0.25) is 0 Å². The maximum Gasteiger partial charge on any atom is 0.358 e. The zero-order valence-corrected chi connectivity index (χ0v) is 22.5. The monoisotopic (exact) mass is 468 g/mol. The lowest BCUT2D eigenvalue weighted by Crippen LogP contribution is -2.20. The summed E-state index contributed by atoms with van der Waals surface area (Å²) < 4.78 is 0. The van der Waals surface area contributed by atoms with Gasteiger partial charge in [0.05, 0.1) is 12.3 Å². The molecule has 0 aliphatic rings. The number of unbranched alkanes of at least 4 members (excludes halogenated alkanes) is 17. The molecule has 0 aromatic rings. The fraction of sp³-hybridized carbons (Fsp3) is 0.931. The first-order valence-electron chi connectivity index (χ1n) is 14.6. The van der Waals surface area contributed by atoms with Crippen LogP contribution in [0.4, 0.5) is 0 Å². The molecule has 0 spiro atoms. The van der Waals surface area contributed by atoms with Crippen molar-refractivity contribution < 1.29 is 19.4 Å². The van der Waals surface area contributed by atoms with E-state index in [2.05, 4.69) is 13.8 Å². The van der Waals surface area contributed by atoms with E-state index in [4.69, 9.17) is 9.78 Å². The van der Waals surface area contributed by atoms with E-state index in [0.29, 0.717) is 6.42 Å². The van der Waals surface area contributed by atoms with Gasteiger partial charge >= 0.3 is 11.9 Å². The molecule has 0 aliphatic heterocycles. The molecule has 1 unspecified atom stereocenters. The molecule has 0 amide bonds. The maximum atomic E-state index is 12.6. The van der Waals surface area contributed by atoms with Gasteiger partial charge in [0.25, 0.3) is 0 Å². The van der Waals surface area contributed by atoms with E-state index < -0.39 is 5.97 Å². The second-order valence-electron chi connectivity index (χ2n) is 9.89. The minimum Gasteiger partial charge on any atom is -0.247 e. The minimum atomic E-state index is -0.435. The molecule has 1 atom stereocenters. The molecule has 0 heterocycles. The smallest absolute Gasteiger partial charge is 0.247 e. The Labute approximate surface area is 205 Å². The molecule has 0 aliphatic carbocycles. The highest BCUT2D eigenvalue weighted by atomic mass is 17.2. The summed E-state index contributed by atoms with van der Waals surface area (Å²) in [5.74, 6) is -0.924. The Balaban J connectivity index is 4.12. The van der Waals surface area contributed by atoms with Crippen molar-refractivity contribution in [3.05, 3.63) is 0 Å². The zero-order valence-electron chi connectivity index (χ0n) is 22.5. The van der Waals surface area contributed by atoms with E-state index in [1.807, 2.05) is 6.92 Å². The lowest BCUT2D eigenvalue weighted by Gasteiger charge is -2.14. The van der Waals surface area contributed by atoms with Crippen molar-refractivity contribution in [1.82, 2.24) is 0 Å². The number of carbonyl (C=O) groups is 2. The van der Waals surface area contributed by atoms with Crippen molar-refractivity contribution >= 4 is 11.9 Å². The Morgan fingerprint density at radius 2 is 0.848 bits per heavy atom. The normalized spacial score (nSPS) is 12.0. The number of hydrogen-bond donors (Lipinski definition) is 0. The van der Waals surface area contributed by atoms with Crippen molar-refractivity contribution in [2.45, 2.75) is 168 Å². The van der Waals surface area contributed by atoms with Crippen molar-refractivity contribution in [1.29, 1.82) is 0 Å². The van der Waals surface area contributed by atoms with E-state index in [1.165, 1.54) is 103 Å². The van der Waals surface area contributed by atoms with E-state index in [0.717, 1.165) is 38.5 Å². The van der Waals surface area contributed by atoms with Gasteiger partial charge in [0.2, 0.25) is 0 Å². The second-order valence-corrected chi connectivity index (χ2v) is 9.89. The van der Waals surface area contributed by atoms with Crippen LogP contribution in [-0.4, -0.2) is 11.9 Å². The topological polar surface area (TPSA) is 52.6 Å². The van der Waals surface area contributed by atoms with Crippen LogP contribution in [0.25, 0.3) is 0 Å². The molecule has 4 nitrogen and oxygen atoms in total. The molecular formula is C29H56O4. The molecule has 0 N–H and O–H groups in total. The Morgan fingerprint density at radius 1 is 0.485 bits per heavy atom. The molecule has 0 radical (unpaired) electrons. The Bertz CT molecular complexity index is 435. The molecule has 0 rings (SSSR count). The first-order chi connectivity index (χ1) is 16.2. The summed E-state index contributed by atoms with van der Waals surface area (Å²) in [6.45, 7) is 6.52. The summed E-state index contributed by atoms with van der Waals surface area (Å²) in [4.78, 5) is 34.0. The third kappa shape index (κ3) is 22.5. The summed E-state index contributed by atoms with van der Waals surface area (Å²) in [7, 11) is 0. The predicted octanol–water partition coefficient (Wildman–Crippen LogP) is 9.64. The standard InChI is InChI=1S/C29H56O4/c1-4-7-10-12-14-16-17-19-21-23-25-27(24-22-20-18-15-13-11-8-5-2)29(31)33-32-28(30)26-9-6-3/h27H,4-26H2,1-3H3. The van der Waals surface area contributed by atoms with Crippen LogP contribution in [-0.2, 0) is 19.4 Å². The molecular weight excluding hydrogens is 412 g/mol. The fourth-order valence-corrected chi connectivity index (χ4v) is 4.30. The lowest BCUT2D eigenvalue weighted by molar-refractivity contribution is -0.262. The van der Waals surface area contributed by atoms with Gasteiger partial charge in [0.1, 0.15) is 0 Å². The predicted molar refractivity (Wildman–Crippen MR) is 139 cm³/mol. The SMILES string of the molecule is CCCCCCCCCCCCC(CCCCCCCCCC)C(=O)OOC(=O)CCCC. The average molecular weight is 469 g/mol. The van der Waals surface area contributed by atoms with Gasteiger partial charge in [-0.05, 0) is 19.3 Å². The van der Waals surface area contributed by atoms with Crippen LogP contribution >= 0.6 is 0 Å². The van der Waals surface area contributed by atoms with Crippen molar-refractivity contribution in [3.8, 4) is 0 Å². The van der Waals surface area contributed by atoms with Gasteiger partial charge in [-0.1, -0.05) is 143 Å². The fourth-order valence-electron chi connectivity index (χ4n) is 4.30. The molecule has 4 heteroatoms. The van der Waals surface area contributed by atoms with Crippen LogP contribution in [0.1, 0.15) is 168 Å². The van der Waals surface area contributed by atoms with Crippen molar-refractivity contribution in [2.24, 2.45) is 5.92 Å². The molecule has 0 saturated carbocycles. The first kappa shape index (κ1) is 31.9. The Morgan fingerprint density at radius 3 is 1.24 bits per heavy atom. The van der Waals surface area contributed by atoms with Gasteiger partial charge in [0.15, 0.2) is 0 Å².